The number of allylic oxidation sites excluding steroid dienone is 1. The van der Waals surface area contributed by atoms with Gasteiger partial charge in [0.05, 0.1) is 18.6 Å². The van der Waals surface area contributed by atoms with Crippen molar-refractivity contribution >= 4 is 29.4 Å². The minimum Gasteiger partial charge on any atom is -0.455 e. The van der Waals surface area contributed by atoms with Crippen LogP contribution < -0.4 is 10.2 Å². The molecule has 2 aromatic carbocycles. The number of nitrogens with one attached hydrogen (secondary N) is 1. The van der Waals surface area contributed by atoms with Crippen molar-refractivity contribution in [2.45, 2.75) is 76.2 Å². The molecule has 0 unspecified atom stereocenters. The molecule has 6 atom stereocenters. The standard InChI is InChI=1S/C38H45N3O7/c1-25-14-13-15-26(2)33(25)40-21-11-6-9-18-30(43)39-24-29(27-16-7-5-8-17-27)47-37(46)31-28-19-20-38(48-28)32(31)35(44)41(34(38)36(40)45)22-10-3-4-12-23-42/h5-8,11,13-17,19-20,28-29,31-32,34,42H,3-4,9-10,12,18,21-24H2,1-2H3,(H,39,43)/b11-6-/t28-,29-,31+,32+,34-,38+/m1/s1. The van der Waals surface area contributed by atoms with Crippen molar-refractivity contribution in [1.82, 2.24) is 10.2 Å². The van der Waals surface area contributed by atoms with E-state index in [1.165, 1.54) is 0 Å². The van der Waals surface area contributed by atoms with Crippen molar-refractivity contribution < 1.29 is 33.8 Å². The maximum atomic E-state index is 15.1. The van der Waals surface area contributed by atoms with Gasteiger partial charge in [-0.15, -0.1) is 0 Å². The second-order valence-electron chi connectivity index (χ2n) is 13.2. The maximum absolute atomic E-state index is 15.1. The Bertz CT molecular complexity index is 1570. The number of nitrogens with zero attached hydrogens (tertiary/aromatic N) is 2. The van der Waals surface area contributed by atoms with E-state index in [0.717, 1.165) is 35.2 Å². The molecule has 4 aliphatic rings. The summed E-state index contributed by atoms with van der Waals surface area (Å²) in [6.07, 6.45) is 9.47. The van der Waals surface area contributed by atoms with E-state index < -0.39 is 41.7 Å². The second-order valence-corrected chi connectivity index (χ2v) is 13.2. The zero-order chi connectivity index (χ0) is 33.8. The SMILES string of the molecule is Cc1cccc(C)c1N1C/C=C\CCC(=O)NC[C@H](c2ccccc2)OC(=O)[C@@H]2[C@H]3C(=O)N(CCCCCCO)[C@H](C1=O)[C@]31C=C[C@H]2O1. The molecule has 2 saturated heterocycles. The molecule has 0 aromatic heterocycles. The molecule has 1 spiro atoms. The van der Waals surface area contributed by atoms with Gasteiger partial charge in [-0.1, -0.05) is 85.7 Å². The van der Waals surface area contributed by atoms with Crippen LogP contribution in [0.4, 0.5) is 5.69 Å². The van der Waals surface area contributed by atoms with E-state index in [2.05, 4.69) is 5.32 Å². The summed E-state index contributed by atoms with van der Waals surface area (Å²) in [7, 11) is 0. The Labute approximate surface area is 281 Å². The van der Waals surface area contributed by atoms with Gasteiger partial charge >= 0.3 is 5.97 Å². The highest BCUT2D eigenvalue weighted by Gasteiger charge is 2.73. The molecule has 5 bridgehead atoms. The van der Waals surface area contributed by atoms with E-state index in [0.29, 0.717) is 25.8 Å². The number of carbonyl (C=O) groups is 4. The van der Waals surface area contributed by atoms with Gasteiger partial charge in [-0.3, -0.25) is 19.2 Å². The number of hydrogen-bond donors (Lipinski definition) is 2. The Hall–Kier alpha value is -4.28. The largest absolute Gasteiger partial charge is 0.455 e. The summed E-state index contributed by atoms with van der Waals surface area (Å²) in [5.41, 5.74) is 1.97. The monoisotopic (exact) mass is 655 g/mol. The molecule has 2 fully saturated rings. The highest BCUT2D eigenvalue weighted by molar-refractivity contribution is 6.06. The molecule has 0 aliphatic carbocycles. The highest BCUT2D eigenvalue weighted by atomic mass is 16.6. The molecule has 10 nitrogen and oxygen atoms in total. The number of amides is 3. The Morgan fingerprint density at radius 2 is 1.67 bits per heavy atom. The third kappa shape index (κ3) is 6.31. The Morgan fingerprint density at radius 1 is 0.917 bits per heavy atom. The number of para-hydroxylation sites is 1. The van der Waals surface area contributed by atoms with Crippen LogP contribution in [0.5, 0.6) is 0 Å². The van der Waals surface area contributed by atoms with Gasteiger partial charge in [-0.25, -0.2) is 0 Å². The number of esters is 1. The van der Waals surface area contributed by atoms with Gasteiger partial charge in [0.15, 0.2) is 0 Å². The fraction of sp³-hybridized carbons (Fsp3) is 0.474. The average Bonchev–Trinajstić information content (AvgIpc) is 3.72. The number of aliphatic hydroxyl groups is 1. The molecule has 4 heterocycles. The summed E-state index contributed by atoms with van der Waals surface area (Å²) in [4.78, 5) is 59.9. The van der Waals surface area contributed by atoms with E-state index in [9.17, 15) is 19.5 Å². The lowest BCUT2D eigenvalue weighted by Gasteiger charge is -2.36. The number of fused-ring (bicyclic) bond motifs is 2. The number of carbonyl (C=O) groups excluding carboxylic acids is 4. The third-order valence-corrected chi connectivity index (χ3v) is 10.1. The van der Waals surface area contributed by atoms with Crippen LogP contribution in [0.3, 0.4) is 0 Å². The summed E-state index contributed by atoms with van der Waals surface area (Å²) in [6.45, 7) is 4.65. The number of aryl methyl sites for hydroxylation is 2. The molecule has 3 amide bonds. The van der Waals surface area contributed by atoms with Gasteiger partial charge in [0, 0.05) is 31.8 Å². The van der Waals surface area contributed by atoms with E-state index in [1.807, 2.05) is 80.6 Å². The topological polar surface area (TPSA) is 125 Å². The predicted octanol–water partition coefficient (Wildman–Crippen LogP) is 4.09. The minimum absolute atomic E-state index is 0.0809. The number of anilines is 1. The zero-order valence-corrected chi connectivity index (χ0v) is 27.7. The molecule has 6 rings (SSSR count). The Kier molecular flexibility index (Phi) is 10.1. The van der Waals surface area contributed by atoms with Crippen LogP contribution >= 0.6 is 0 Å². The quantitative estimate of drug-likeness (QED) is 0.249. The Morgan fingerprint density at radius 3 is 2.42 bits per heavy atom. The van der Waals surface area contributed by atoms with Crippen LogP contribution in [0.1, 0.15) is 61.3 Å². The Balaban J connectivity index is 1.42. The van der Waals surface area contributed by atoms with Crippen molar-refractivity contribution in [2.75, 3.05) is 31.1 Å². The van der Waals surface area contributed by atoms with Crippen molar-refractivity contribution in [3.63, 3.8) is 0 Å². The lowest BCUT2D eigenvalue weighted by atomic mass is 9.74. The third-order valence-electron chi connectivity index (χ3n) is 10.1. The lowest BCUT2D eigenvalue weighted by Crippen LogP contribution is -2.56. The predicted molar refractivity (Wildman–Crippen MR) is 180 cm³/mol. The van der Waals surface area contributed by atoms with Gasteiger partial charge < -0.3 is 29.7 Å². The first kappa shape index (κ1) is 33.6. The summed E-state index contributed by atoms with van der Waals surface area (Å²) >= 11 is 0. The van der Waals surface area contributed by atoms with Gasteiger partial charge in [-0.05, 0) is 49.8 Å². The smallest absolute Gasteiger partial charge is 0.313 e. The van der Waals surface area contributed by atoms with Gasteiger partial charge in [0.1, 0.15) is 23.7 Å². The first-order valence-electron chi connectivity index (χ1n) is 17.1. The van der Waals surface area contributed by atoms with Gasteiger partial charge in [-0.2, -0.15) is 0 Å². The van der Waals surface area contributed by atoms with E-state index in [4.69, 9.17) is 9.47 Å². The van der Waals surface area contributed by atoms with Crippen LogP contribution in [0.2, 0.25) is 0 Å². The number of benzene rings is 2. The summed E-state index contributed by atoms with van der Waals surface area (Å²) < 4.78 is 12.7. The fourth-order valence-corrected chi connectivity index (χ4v) is 7.80. The highest BCUT2D eigenvalue weighted by Crippen LogP contribution is 2.56. The van der Waals surface area contributed by atoms with Crippen LogP contribution in [0, 0.1) is 25.7 Å². The van der Waals surface area contributed by atoms with Gasteiger partial charge in [0.2, 0.25) is 11.8 Å². The second kappa shape index (κ2) is 14.5. The van der Waals surface area contributed by atoms with Crippen molar-refractivity contribution in [3.8, 4) is 0 Å². The molecular formula is C38H45N3O7. The first-order chi connectivity index (χ1) is 23.3. The van der Waals surface area contributed by atoms with Crippen LogP contribution in [0.25, 0.3) is 0 Å². The molecule has 10 heteroatoms. The summed E-state index contributed by atoms with van der Waals surface area (Å²) in [6, 6.07) is 14.1. The van der Waals surface area contributed by atoms with Crippen molar-refractivity contribution in [1.29, 1.82) is 0 Å². The van der Waals surface area contributed by atoms with E-state index >= 15 is 4.79 Å². The number of ether oxygens (including phenoxy) is 2. The van der Waals surface area contributed by atoms with Crippen molar-refractivity contribution in [3.05, 3.63) is 89.5 Å². The normalized spacial score (nSPS) is 29.6. The van der Waals surface area contributed by atoms with E-state index in [1.54, 1.807) is 15.9 Å². The van der Waals surface area contributed by atoms with Crippen molar-refractivity contribution in [2.24, 2.45) is 11.8 Å². The lowest BCUT2D eigenvalue weighted by molar-refractivity contribution is -0.159. The average molecular weight is 656 g/mol. The van der Waals surface area contributed by atoms with Crippen LogP contribution in [-0.4, -0.2) is 77.7 Å². The maximum Gasteiger partial charge on any atom is 0.313 e. The van der Waals surface area contributed by atoms with Gasteiger partial charge in [0.25, 0.3) is 5.91 Å². The van der Waals surface area contributed by atoms with Crippen LogP contribution in [0.15, 0.2) is 72.8 Å². The molecule has 0 radical (unpaired) electrons. The summed E-state index contributed by atoms with van der Waals surface area (Å²) in [5.74, 6) is -3.26. The fourth-order valence-electron chi connectivity index (χ4n) is 7.80. The number of unbranched alkanes of at least 4 members (excludes halogenated alkanes) is 3. The molecule has 254 valence electrons. The number of cyclic esters (lactones) is 1. The number of aliphatic hydroxyl groups excluding tert-OH is 1. The number of rotatable bonds is 8. The summed E-state index contributed by atoms with van der Waals surface area (Å²) in [5, 5.41) is 12.2. The molecule has 4 aliphatic heterocycles. The molecule has 2 N–H and O–H groups in total. The van der Waals surface area contributed by atoms with Crippen LogP contribution in [-0.2, 0) is 28.7 Å². The first-order valence-corrected chi connectivity index (χ1v) is 17.1. The molecule has 0 saturated carbocycles. The van der Waals surface area contributed by atoms with E-state index in [-0.39, 0.29) is 43.8 Å². The molecule has 2 aromatic rings. The number of likely N-dealkylation sites (tertiary alicyclic amines) is 1. The molecular weight excluding hydrogens is 610 g/mol. The minimum atomic E-state index is -1.34. The molecule has 48 heavy (non-hydrogen) atoms. The zero-order valence-electron chi connectivity index (χ0n) is 27.7. The number of hydrogen-bond acceptors (Lipinski definition) is 7.